The van der Waals surface area contributed by atoms with Crippen molar-refractivity contribution in [2.45, 2.75) is 39.2 Å². The maximum atomic E-state index is 11.0. The minimum Gasteiger partial charge on any atom is -0.490 e. The maximum absolute atomic E-state index is 11.0. The molecular formula is C14H18O3. The molecule has 1 N–H and O–H groups in total. The molecule has 0 aromatic heterocycles. The summed E-state index contributed by atoms with van der Waals surface area (Å²) < 4.78 is 5.64. The standard InChI is InChI=1S/C14H18O3/c1-14(2,13(15)16)9-10-3-5-11(6-4-10)17-12-7-8-12/h3-6,12H,7-9H2,1-2H3,(H,15,16). The van der Waals surface area contributed by atoms with E-state index in [0.29, 0.717) is 12.5 Å². The summed E-state index contributed by atoms with van der Waals surface area (Å²) in [5, 5.41) is 9.06. The summed E-state index contributed by atoms with van der Waals surface area (Å²) in [5.41, 5.74) is 0.305. The predicted octanol–water partition coefficient (Wildman–Crippen LogP) is 2.88. The highest BCUT2D eigenvalue weighted by atomic mass is 16.5. The molecule has 1 saturated carbocycles. The van der Waals surface area contributed by atoms with Crippen molar-refractivity contribution >= 4 is 5.97 Å². The molecule has 2 rings (SSSR count). The van der Waals surface area contributed by atoms with Crippen LogP contribution in [0, 0.1) is 5.41 Å². The SMILES string of the molecule is CC(C)(Cc1ccc(OC2CC2)cc1)C(=O)O. The number of carboxylic acid groups (broad SMARTS) is 1. The Bertz CT molecular complexity index is 402. The van der Waals surface area contributed by atoms with Crippen molar-refractivity contribution in [1.29, 1.82) is 0 Å². The van der Waals surface area contributed by atoms with Gasteiger partial charge in [-0.25, -0.2) is 0 Å². The van der Waals surface area contributed by atoms with Crippen LogP contribution < -0.4 is 4.74 Å². The topological polar surface area (TPSA) is 46.5 Å². The van der Waals surface area contributed by atoms with Gasteiger partial charge >= 0.3 is 5.97 Å². The zero-order valence-corrected chi connectivity index (χ0v) is 10.3. The maximum Gasteiger partial charge on any atom is 0.309 e. The summed E-state index contributed by atoms with van der Waals surface area (Å²) in [7, 11) is 0. The molecule has 3 nitrogen and oxygen atoms in total. The molecule has 0 unspecified atom stereocenters. The summed E-state index contributed by atoms with van der Waals surface area (Å²) in [4.78, 5) is 11.0. The predicted molar refractivity (Wildman–Crippen MR) is 65.2 cm³/mol. The van der Waals surface area contributed by atoms with Crippen LogP contribution in [-0.4, -0.2) is 17.2 Å². The second-order valence-corrected chi connectivity index (χ2v) is 5.33. The zero-order valence-electron chi connectivity index (χ0n) is 10.3. The van der Waals surface area contributed by atoms with Gasteiger partial charge in [0.15, 0.2) is 0 Å². The largest absolute Gasteiger partial charge is 0.490 e. The van der Waals surface area contributed by atoms with Crippen molar-refractivity contribution < 1.29 is 14.6 Å². The molecule has 17 heavy (non-hydrogen) atoms. The van der Waals surface area contributed by atoms with Gasteiger partial charge in [0.05, 0.1) is 11.5 Å². The van der Waals surface area contributed by atoms with Crippen molar-refractivity contribution in [3.05, 3.63) is 29.8 Å². The van der Waals surface area contributed by atoms with Gasteiger partial charge in [-0.1, -0.05) is 12.1 Å². The van der Waals surface area contributed by atoms with E-state index in [9.17, 15) is 4.79 Å². The number of benzene rings is 1. The lowest BCUT2D eigenvalue weighted by Gasteiger charge is -2.19. The Kier molecular flexibility index (Phi) is 3.09. The van der Waals surface area contributed by atoms with Gasteiger partial charge in [0.25, 0.3) is 0 Å². The fraction of sp³-hybridized carbons (Fsp3) is 0.500. The quantitative estimate of drug-likeness (QED) is 0.852. The molecule has 0 radical (unpaired) electrons. The lowest BCUT2D eigenvalue weighted by molar-refractivity contribution is -0.146. The summed E-state index contributed by atoms with van der Waals surface area (Å²) >= 11 is 0. The first-order chi connectivity index (χ1) is 7.97. The third-order valence-electron chi connectivity index (χ3n) is 2.98. The van der Waals surface area contributed by atoms with Crippen LogP contribution in [0.3, 0.4) is 0 Å². The van der Waals surface area contributed by atoms with Crippen LogP contribution in [-0.2, 0) is 11.2 Å². The van der Waals surface area contributed by atoms with E-state index in [4.69, 9.17) is 9.84 Å². The molecule has 0 amide bonds. The molecule has 0 atom stereocenters. The van der Waals surface area contributed by atoms with Crippen LogP contribution >= 0.6 is 0 Å². The van der Waals surface area contributed by atoms with Gasteiger partial charge < -0.3 is 9.84 Å². The van der Waals surface area contributed by atoms with E-state index in [-0.39, 0.29) is 0 Å². The highest BCUT2D eigenvalue weighted by Gasteiger charge is 2.27. The second-order valence-electron chi connectivity index (χ2n) is 5.33. The Labute approximate surface area is 101 Å². The van der Waals surface area contributed by atoms with E-state index in [2.05, 4.69) is 0 Å². The molecule has 0 bridgehead atoms. The Morgan fingerprint density at radius 3 is 2.41 bits per heavy atom. The van der Waals surface area contributed by atoms with Gasteiger partial charge in [0, 0.05) is 0 Å². The minimum absolute atomic E-state index is 0.399. The van der Waals surface area contributed by atoms with E-state index < -0.39 is 11.4 Å². The highest BCUT2D eigenvalue weighted by Crippen LogP contribution is 2.28. The van der Waals surface area contributed by atoms with Gasteiger partial charge in [-0.3, -0.25) is 4.79 Å². The summed E-state index contributed by atoms with van der Waals surface area (Å²) in [6.45, 7) is 3.48. The minimum atomic E-state index is -0.768. The zero-order chi connectivity index (χ0) is 12.5. The lowest BCUT2D eigenvalue weighted by Crippen LogP contribution is -2.26. The molecule has 1 aromatic rings. The fourth-order valence-corrected chi connectivity index (χ4v) is 1.65. The molecule has 92 valence electrons. The van der Waals surface area contributed by atoms with Crippen LogP contribution in [0.2, 0.25) is 0 Å². The van der Waals surface area contributed by atoms with E-state index in [1.807, 2.05) is 24.3 Å². The number of aliphatic carboxylic acids is 1. The first kappa shape index (κ1) is 12.0. The molecule has 0 heterocycles. The Morgan fingerprint density at radius 1 is 1.35 bits per heavy atom. The molecule has 3 heteroatoms. The van der Waals surface area contributed by atoms with Gasteiger partial charge in [-0.05, 0) is 50.8 Å². The van der Waals surface area contributed by atoms with Crippen molar-refractivity contribution in [2.75, 3.05) is 0 Å². The number of ether oxygens (including phenoxy) is 1. The van der Waals surface area contributed by atoms with Crippen LogP contribution in [0.5, 0.6) is 5.75 Å². The molecule has 1 fully saturated rings. The number of carboxylic acids is 1. The van der Waals surface area contributed by atoms with Gasteiger partial charge in [0.2, 0.25) is 0 Å². The van der Waals surface area contributed by atoms with E-state index in [1.54, 1.807) is 13.8 Å². The molecule has 1 aliphatic carbocycles. The normalized spacial score (nSPS) is 15.6. The summed E-state index contributed by atoms with van der Waals surface area (Å²) in [6, 6.07) is 7.74. The van der Waals surface area contributed by atoms with Crippen molar-refractivity contribution in [3.63, 3.8) is 0 Å². The molecule has 0 aliphatic heterocycles. The van der Waals surface area contributed by atoms with Crippen LogP contribution in [0.1, 0.15) is 32.3 Å². The highest BCUT2D eigenvalue weighted by molar-refractivity contribution is 5.74. The van der Waals surface area contributed by atoms with Gasteiger partial charge in [0.1, 0.15) is 5.75 Å². The van der Waals surface area contributed by atoms with E-state index >= 15 is 0 Å². The second kappa shape index (κ2) is 4.40. The number of hydrogen-bond acceptors (Lipinski definition) is 2. The Balaban J connectivity index is 1.99. The molecular weight excluding hydrogens is 216 g/mol. The van der Waals surface area contributed by atoms with Gasteiger partial charge in [-0.15, -0.1) is 0 Å². The first-order valence-electron chi connectivity index (χ1n) is 5.96. The lowest BCUT2D eigenvalue weighted by atomic mass is 9.86. The number of rotatable bonds is 5. The Hall–Kier alpha value is -1.51. The first-order valence-corrected chi connectivity index (χ1v) is 5.96. The summed E-state index contributed by atoms with van der Waals surface area (Å²) in [6.07, 6.45) is 3.23. The van der Waals surface area contributed by atoms with E-state index in [0.717, 1.165) is 24.2 Å². The molecule has 1 aromatic carbocycles. The monoisotopic (exact) mass is 234 g/mol. The van der Waals surface area contributed by atoms with Crippen LogP contribution in [0.15, 0.2) is 24.3 Å². The smallest absolute Gasteiger partial charge is 0.309 e. The summed E-state index contributed by atoms with van der Waals surface area (Å²) in [5.74, 6) is 0.111. The average Bonchev–Trinajstić information content (AvgIpc) is 3.04. The van der Waals surface area contributed by atoms with Gasteiger partial charge in [-0.2, -0.15) is 0 Å². The molecule has 0 saturated heterocycles. The van der Waals surface area contributed by atoms with Crippen molar-refractivity contribution in [1.82, 2.24) is 0 Å². The number of carbonyl (C=O) groups is 1. The fourth-order valence-electron chi connectivity index (χ4n) is 1.65. The third kappa shape index (κ3) is 3.22. The van der Waals surface area contributed by atoms with Crippen molar-refractivity contribution in [2.24, 2.45) is 5.41 Å². The van der Waals surface area contributed by atoms with E-state index in [1.165, 1.54) is 0 Å². The molecule has 0 spiro atoms. The third-order valence-corrected chi connectivity index (χ3v) is 2.98. The van der Waals surface area contributed by atoms with Crippen LogP contribution in [0.4, 0.5) is 0 Å². The number of hydrogen-bond donors (Lipinski definition) is 1. The Morgan fingerprint density at radius 2 is 1.94 bits per heavy atom. The average molecular weight is 234 g/mol. The van der Waals surface area contributed by atoms with Crippen LogP contribution in [0.25, 0.3) is 0 Å². The van der Waals surface area contributed by atoms with Crippen molar-refractivity contribution in [3.8, 4) is 5.75 Å². The molecule has 1 aliphatic rings.